The van der Waals surface area contributed by atoms with E-state index in [1.54, 1.807) is 0 Å². The van der Waals surface area contributed by atoms with E-state index in [4.69, 9.17) is 0 Å². The Hall–Kier alpha value is -0.830. The molecule has 2 nitrogen and oxygen atoms in total. The van der Waals surface area contributed by atoms with Gasteiger partial charge in [-0.2, -0.15) is 0 Å². The molecule has 1 aromatic carbocycles. The van der Waals surface area contributed by atoms with Crippen molar-refractivity contribution in [3.05, 3.63) is 34.3 Å². The Morgan fingerprint density at radius 2 is 2.31 bits per heavy atom. The Balaban J connectivity index is 2.12. The van der Waals surface area contributed by atoms with Gasteiger partial charge in [0.2, 0.25) is 0 Å². The standard InChI is InChI=1S/C13H16BrNO/c1-10-4-3-7-15(9-10)13(16)11-5-2-6-12(14)8-11/h2,5-6,8,10H,3-4,7,9H2,1H3. The Labute approximate surface area is 105 Å². The van der Waals surface area contributed by atoms with E-state index in [-0.39, 0.29) is 5.91 Å². The molecule has 86 valence electrons. The van der Waals surface area contributed by atoms with Crippen LogP contribution in [0.4, 0.5) is 0 Å². The number of likely N-dealkylation sites (tertiary alicyclic amines) is 1. The smallest absolute Gasteiger partial charge is 0.253 e. The molecule has 1 aliphatic rings. The van der Waals surface area contributed by atoms with Gasteiger partial charge in [-0.25, -0.2) is 0 Å². The van der Waals surface area contributed by atoms with Gasteiger partial charge >= 0.3 is 0 Å². The van der Waals surface area contributed by atoms with Crippen molar-refractivity contribution in [2.75, 3.05) is 13.1 Å². The zero-order valence-corrected chi connectivity index (χ0v) is 11.0. The molecule has 1 saturated heterocycles. The Kier molecular flexibility index (Phi) is 3.64. The number of carbonyl (C=O) groups is 1. The predicted molar refractivity (Wildman–Crippen MR) is 68.4 cm³/mol. The number of amides is 1. The van der Waals surface area contributed by atoms with E-state index in [1.807, 2.05) is 29.2 Å². The minimum Gasteiger partial charge on any atom is -0.338 e. The minimum absolute atomic E-state index is 0.160. The van der Waals surface area contributed by atoms with Crippen molar-refractivity contribution >= 4 is 21.8 Å². The molecule has 0 bridgehead atoms. The normalized spacial score (nSPS) is 20.9. The van der Waals surface area contributed by atoms with E-state index in [9.17, 15) is 4.79 Å². The number of piperidine rings is 1. The summed E-state index contributed by atoms with van der Waals surface area (Å²) in [5.74, 6) is 0.790. The largest absolute Gasteiger partial charge is 0.338 e. The van der Waals surface area contributed by atoms with Gasteiger partial charge in [-0.1, -0.05) is 28.9 Å². The molecule has 1 aliphatic heterocycles. The highest BCUT2D eigenvalue weighted by Crippen LogP contribution is 2.19. The van der Waals surface area contributed by atoms with Gasteiger partial charge in [-0.3, -0.25) is 4.79 Å². The van der Waals surface area contributed by atoms with E-state index < -0.39 is 0 Å². The molecule has 1 heterocycles. The number of nitrogens with zero attached hydrogens (tertiary/aromatic N) is 1. The number of hydrogen-bond acceptors (Lipinski definition) is 1. The summed E-state index contributed by atoms with van der Waals surface area (Å²) in [7, 11) is 0. The molecule has 0 saturated carbocycles. The summed E-state index contributed by atoms with van der Waals surface area (Å²) in [5, 5.41) is 0. The quantitative estimate of drug-likeness (QED) is 0.773. The summed E-state index contributed by atoms with van der Waals surface area (Å²) >= 11 is 3.40. The molecule has 3 heteroatoms. The highest BCUT2D eigenvalue weighted by atomic mass is 79.9. The zero-order valence-electron chi connectivity index (χ0n) is 9.45. The third-order valence-corrected chi connectivity index (χ3v) is 3.51. The van der Waals surface area contributed by atoms with Crippen LogP contribution in [-0.2, 0) is 0 Å². The molecule has 1 atom stereocenters. The van der Waals surface area contributed by atoms with Crippen LogP contribution in [0, 0.1) is 5.92 Å². The molecule has 1 amide bonds. The maximum absolute atomic E-state index is 12.2. The van der Waals surface area contributed by atoms with Crippen LogP contribution in [0.5, 0.6) is 0 Å². The van der Waals surface area contributed by atoms with E-state index in [0.29, 0.717) is 5.92 Å². The number of hydrogen-bond donors (Lipinski definition) is 0. The van der Waals surface area contributed by atoms with Crippen molar-refractivity contribution in [2.24, 2.45) is 5.92 Å². The number of benzene rings is 1. The predicted octanol–water partition coefficient (Wildman–Crippen LogP) is 3.32. The highest BCUT2D eigenvalue weighted by Gasteiger charge is 2.21. The number of halogens is 1. The fourth-order valence-electron chi connectivity index (χ4n) is 2.18. The summed E-state index contributed by atoms with van der Waals surface area (Å²) in [5.41, 5.74) is 0.781. The van der Waals surface area contributed by atoms with Crippen molar-refractivity contribution in [3.8, 4) is 0 Å². The van der Waals surface area contributed by atoms with E-state index in [1.165, 1.54) is 6.42 Å². The van der Waals surface area contributed by atoms with Crippen LogP contribution in [0.15, 0.2) is 28.7 Å². The Morgan fingerprint density at radius 3 is 3.00 bits per heavy atom. The Bertz CT molecular complexity index is 391. The first-order chi connectivity index (χ1) is 7.66. The first-order valence-electron chi connectivity index (χ1n) is 5.71. The third kappa shape index (κ3) is 2.64. The first kappa shape index (κ1) is 11.6. The molecule has 1 unspecified atom stereocenters. The second kappa shape index (κ2) is 5.00. The van der Waals surface area contributed by atoms with Crippen LogP contribution < -0.4 is 0 Å². The number of carbonyl (C=O) groups excluding carboxylic acids is 1. The molecular weight excluding hydrogens is 266 g/mol. The molecule has 0 aromatic heterocycles. The van der Waals surface area contributed by atoms with Crippen LogP contribution in [0.25, 0.3) is 0 Å². The van der Waals surface area contributed by atoms with Crippen molar-refractivity contribution < 1.29 is 4.79 Å². The van der Waals surface area contributed by atoms with Crippen LogP contribution in [-0.4, -0.2) is 23.9 Å². The van der Waals surface area contributed by atoms with E-state index in [0.717, 1.165) is 29.5 Å². The fourth-order valence-corrected chi connectivity index (χ4v) is 2.58. The van der Waals surface area contributed by atoms with E-state index >= 15 is 0 Å². The molecule has 0 aliphatic carbocycles. The Morgan fingerprint density at radius 1 is 1.50 bits per heavy atom. The fraction of sp³-hybridized carbons (Fsp3) is 0.462. The molecule has 1 fully saturated rings. The summed E-state index contributed by atoms with van der Waals surface area (Å²) in [6.07, 6.45) is 2.36. The zero-order chi connectivity index (χ0) is 11.5. The van der Waals surface area contributed by atoms with Crippen LogP contribution in [0.1, 0.15) is 30.1 Å². The lowest BCUT2D eigenvalue weighted by Crippen LogP contribution is -2.39. The summed E-state index contributed by atoms with van der Waals surface area (Å²) in [6.45, 7) is 4.00. The molecule has 1 aromatic rings. The van der Waals surface area contributed by atoms with Crippen LogP contribution in [0.2, 0.25) is 0 Å². The van der Waals surface area contributed by atoms with Crippen LogP contribution >= 0.6 is 15.9 Å². The van der Waals surface area contributed by atoms with Crippen LogP contribution in [0.3, 0.4) is 0 Å². The second-order valence-electron chi connectivity index (χ2n) is 4.51. The maximum atomic E-state index is 12.2. The second-order valence-corrected chi connectivity index (χ2v) is 5.42. The summed E-state index contributed by atoms with van der Waals surface area (Å²) in [6, 6.07) is 7.62. The lowest BCUT2D eigenvalue weighted by Gasteiger charge is -2.31. The van der Waals surface area contributed by atoms with Gasteiger partial charge in [-0.05, 0) is 37.0 Å². The van der Waals surface area contributed by atoms with E-state index in [2.05, 4.69) is 22.9 Å². The topological polar surface area (TPSA) is 20.3 Å². The van der Waals surface area contributed by atoms with Gasteiger partial charge in [0.1, 0.15) is 0 Å². The van der Waals surface area contributed by atoms with Gasteiger partial charge < -0.3 is 4.90 Å². The minimum atomic E-state index is 0.160. The molecule has 0 spiro atoms. The van der Waals surface area contributed by atoms with Gasteiger partial charge in [0.15, 0.2) is 0 Å². The monoisotopic (exact) mass is 281 g/mol. The van der Waals surface area contributed by atoms with Crippen molar-refractivity contribution in [1.29, 1.82) is 0 Å². The average Bonchev–Trinajstić information content (AvgIpc) is 2.28. The summed E-state index contributed by atoms with van der Waals surface area (Å²) < 4.78 is 0.961. The van der Waals surface area contributed by atoms with Gasteiger partial charge in [-0.15, -0.1) is 0 Å². The van der Waals surface area contributed by atoms with Gasteiger partial charge in [0, 0.05) is 23.1 Å². The maximum Gasteiger partial charge on any atom is 0.253 e. The third-order valence-electron chi connectivity index (χ3n) is 3.02. The highest BCUT2D eigenvalue weighted by molar-refractivity contribution is 9.10. The van der Waals surface area contributed by atoms with Crippen molar-refractivity contribution in [3.63, 3.8) is 0 Å². The summed E-state index contributed by atoms with van der Waals surface area (Å²) in [4.78, 5) is 14.2. The average molecular weight is 282 g/mol. The first-order valence-corrected chi connectivity index (χ1v) is 6.51. The number of rotatable bonds is 1. The molecule has 16 heavy (non-hydrogen) atoms. The van der Waals surface area contributed by atoms with Gasteiger partial charge in [0.25, 0.3) is 5.91 Å². The van der Waals surface area contributed by atoms with Crippen molar-refractivity contribution in [1.82, 2.24) is 4.90 Å². The molecule has 2 rings (SSSR count). The van der Waals surface area contributed by atoms with Crippen molar-refractivity contribution in [2.45, 2.75) is 19.8 Å². The molecule has 0 radical (unpaired) electrons. The molecular formula is C13H16BrNO. The SMILES string of the molecule is CC1CCCN(C(=O)c2cccc(Br)c2)C1. The lowest BCUT2D eigenvalue weighted by molar-refractivity contribution is 0.0683. The molecule has 0 N–H and O–H groups in total. The van der Waals surface area contributed by atoms with Gasteiger partial charge in [0.05, 0.1) is 0 Å². The lowest BCUT2D eigenvalue weighted by atomic mass is 9.99.